The van der Waals surface area contributed by atoms with Gasteiger partial charge in [0.05, 0.1) is 6.54 Å². The summed E-state index contributed by atoms with van der Waals surface area (Å²) in [6.45, 7) is 1.70. The summed E-state index contributed by atoms with van der Waals surface area (Å²) in [6, 6.07) is 12.3. The lowest BCUT2D eigenvalue weighted by Crippen LogP contribution is -2.24. The summed E-state index contributed by atoms with van der Waals surface area (Å²) >= 11 is 0. The number of pyridine rings is 1. The zero-order chi connectivity index (χ0) is 15.8. The number of hydrogen-bond acceptors (Lipinski definition) is 3. The molecular formula is C17H15N3O2. The lowest BCUT2D eigenvalue weighted by atomic mass is 10.2. The number of aromatic nitrogens is 1. The third kappa shape index (κ3) is 4.76. The summed E-state index contributed by atoms with van der Waals surface area (Å²) in [7, 11) is 0. The fourth-order valence-corrected chi connectivity index (χ4v) is 1.70. The monoisotopic (exact) mass is 293 g/mol. The number of nitrogens with one attached hydrogen (secondary N) is 2. The second-order valence-electron chi connectivity index (χ2n) is 4.46. The van der Waals surface area contributed by atoms with Gasteiger partial charge in [0.25, 0.3) is 5.91 Å². The van der Waals surface area contributed by atoms with Gasteiger partial charge in [0.2, 0.25) is 5.91 Å². The van der Waals surface area contributed by atoms with E-state index in [0.29, 0.717) is 5.69 Å². The number of carbonyl (C=O) groups is 2. The van der Waals surface area contributed by atoms with Crippen LogP contribution in [0.3, 0.4) is 0 Å². The van der Waals surface area contributed by atoms with E-state index in [-0.39, 0.29) is 18.4 Å². The quantitative estimate of drug-likeness (QED) is 0.848. The lowest BCUT2D eigenvalue weighted by molar-refractivity contribution is -0.114. The van der Waals surface area contributed by atoms with Crippen molar-refractivity contribution in [1.82, 2.24) is 10.3 Å². The van der Waals surface area contributed by atoms with E-state index < -0.39 is 0 Å². The molecule has 0 radical (unpaired) electrons. The Kier molecular flexibility index (Phi) is 5.27. The zero-order valence-electron chi connectivity index (χ0n) is 12.1. The molecule has 0 unspecified atom stereocenters. The van der Waals surface area contributed by atoms with E-state index in [1.165, 1.54) is 6.92 Å². The number of hydrogen-bond donors (Lipinski definition) is 2. The zero-order valence-corrected chi connectivity index (χ0v) is 12.1. The molecular weight excluding hydrogens is 278 g/mol. The molecule has 0 fully saturated rings. The van der Waals surface area contributed by atoms with Crippen LogP contribution < -0.4 is 10.6 Å². The van der Waals surface area contributed by atoms with Gasteiger partial charge in [-0.2, -0.15) is 0 Å². The predicted molar refractivity (Wildman–Crippen MR) is 84.2 cm³/mol. The predicted octanol–water partition coefficient (Wildman–Crippen LogP) is 1.82. The van der Waals surface area contributed by atoms with Gasteiger partial charge in [0.15, 0.2) is 0 Å². The number of amides is 2. The van der Waals surface area contributed by atoms with E-state index in [4.69, 9.17) is 0 Å². The SMILES string of the molecule is CC(=O)Nc1ccc(C#CCNC(=O)c2ccccn2)cc1. The molecule has 1 aromatic heterocycles. The first-order valence-corrected chi connectivity index (χ1v) is 6.71. The van der Waals surface area contributed by atoms with E-state index in [2.05, 4.69) is 27.5 Å². The van der Waals surface area contributed by atoms with Gasteiger partial charge in [-0.1, -0.05) is 17.9 Å². The van der Waals surface area contributed by atoms with Crippen LogP contribution in [0.4, 0.5) is 5.69 Å². The molecule has 0 aliphatic rings. The van der Waals surface area contributed by atoms with Crippen molar-refractivity contribution in [2.45, 2.75) is 6.92 Å². The van der Waals surface area contributed by atoms with Crippen LogP contribution in [-0.2, 0) is 4.79 Å². The van der Waals surface area contributed by atoms with Crippen molar-refractivity contribution < 1.29 is 9.59 Å². The average Bonchev–Trinajstić information content (AvgIpc) is 2.53. The fourth-order valence-electron chi connectivity index (χ4n) is 1.70. The molecule has 2 rings (SSSR count). The highest BCUT2D eigenvalue weighted by atomic mass is 16.2. The van der Waals surface area contributed by atoms with Crippen molar-refractivity contribution in [3.8, 4) is 11.8 Å². The first-order chi connectivity index (χ1) is 10.6. The molecule has 5 heteroatoms. The Balaban J connectivity index is 1.86. The van der Waals surface area contributed by atoms with Gasteiger partial charge in [0.1, 0.15) is 5.69 Å². The van der Waals surface area contributed by atoms with Crippen molar-refractivity contribution in [2.24, 2.45) is 0 Å². The average molecular weight is 293 g/mol. The smallest absolute Gasteiger partial charge is 0.270 e. The van der Waals surface area contributed by atoms with E-state index in [1.54, 1.807) is 48.7 Å². The van der Waals surface area contributed by atoms with Gasteiger partial charge in [-0.15, -0.1) is 0 Å². The van der Waals surface area contributed by atoms with Gasteiger partial charge < -0.3 is 10.6 Å². The van der Waals surface area contributed by atoms with Crippen LogP contribution in [0, 0.1) is 11.8 Å². The maximum absolute atomic E-state index is 11.7. The van der Waals surface area contributed by atoms with Crippen LogP contribution in [0.15, 0.2) is 48.7 Å². The Morgan fingerprint density at radius 2 is 1.91 bits per heavy atom. The number of nitrogens with zero attached hydrogens (tertiary/aromatic N) is 1. The molecule has 0 atom stereocenters. The van der Waals surface area contributed by atoms with Crippen molar-refractivity contribution in [1.29, 1.82) is 0 Å². The van der Waals surface area contributed by atoms with Crippen LogP contribution in [-0.4, -0.2) is 23.3 Å². The topological polar surface area (TPSA) is 71.1 Å². The van der Waals surface area contributed by atoms with Crippen molar-refractivity contribution >= 4 is 17.5 Å². The van der Waals surface area contributed by atoms with Crippen LogP contribution in [0.2, 0.25) is 0 Å². The largest absolute Gasteiger partial charge is 0.340 e. The highest BCUT2D eigenvalue weighted by Crippen LogP contribution is 2.08. The maximum atomic E-state index is 11.7. The summed E-state index contributed by atoms with van der Waals surface area (Å²) in [5.41, 5.74) is 1.90. The molecule has 1 aromatic carbocycles. The molecule has 2 amide bonds. The minimum Gasteiger partial charge on any atom is -0.340 e. The molecule has 2 N–H and O–H groups in total. The molecule has 1 heterocycles. The summed E-state index contributed by atoms with van der Waals surface area (Å²) in [4.78, 5) is 26.6. The van der Waals surface area contributed by atoms with Crippen LogP contribution in [0.5, 0.6) is 0 Å². The summed E-state index contributed by atoms with van der Waals surface area (Å²) in [6.07, 6.45) is 1.57. The maximum Gasteiger partial charge on any atom is 0.270 e. The molecule has 0 bridgehead atoms. The molecule has 0 aliphatic carbocycles. The Labute approximate surface area is 128 Å². The highest BCUT2D eigenvalue weighted by Gasteiger charge is 2.03. The van der Waals surface area contributed by atoms with E-state index in [0.717, 1.165) is 11.3 Å². The van der Waals surface area contributed by atoms with Crippen molar-refractivity contribution in [2.75, 3.05) is 11.9 Å². The molecule has 22 heavy (non-hydrogen) atoms. The molecule has 0 saturated carbocycles. The van der Waals surface area contributed by atoms with Crippen molar-refractivity contribution in [3.63, 3.8) is 0 Å². The van der Waals surface area contributed by atoms with E-state index in [1.807, 2.05) is 0 Å². The summed E-state index contributed by atoms with van der Waals surface area (Å²) in [5, 5.41) is 5.36. The number of anilines is 1. The Hall–Kier alpha value is -3.13. The first kappa shape index (κ1) is 15.3. The van der Waals surface area contributed by atoms with Gasteiger partial charge in [0, 0.05) is 24.4 Å². The van der Waals surface area contributed by atoms with Gasteiger partial charge in [-0.05, 0) is 36.4 Å². The Morgan fingerprint density at radius 3 is 2.55 bits per heavy atom. The molecule has 5 nitrogen and oxygen atoms in total. The molecule has 0 saturated heterocycles. The summed E-state index contributed by atoms with van der Waals surface area (Å²) in [5.74, 6) is 5.43. The molecule has 0 spiro atoms. The fraction of sp³-hybridized carbons (Fsp3) is 0.118. The third-order valence-electron chi connectivity index (χ3n) is 2.67. The number of carbonyl (C=O) groups excluding carboxylic acids is 2. The second kappa shape index (κ2) is 7.60. The lowest BCUT2D eigenvalue weighted by Gasteiger charge is -2.01. The van der Waals surface area contributed by atoms with Crippen LogP contribution in [0.25, 0.3) is 0 Å². The van der Waals surface area contributed by atoms with Gasteiger partial charge in [-0.25, -0.2) is 0 Å². The molecule has 2 aromatic rings. The van der Waals surface area contributed by atoms with Gasteiger partial charge >= 0.3 is 0 Å². The van der Waals surface area contributed by atoms with Crippen LogP contribution in [0.1, 0.15) is 23.0 Å². The van der Waals surface area contributed by atoms with E-state index in [9.17, 15) is 9.59 Å². The van der Waals surface area contributed by atoms with E-state index >= 15 is 0 Å². The Bertz CT molecular complexity index is 713. The molecule has 110 valence electrons. The highest BCUT2D eigenvalue weighted by molar-refractivity contribution is 5.92. The second-order valence-corrected chi connectivity index (χ2v) is 4.46. The minimum absolute atomic E-state index is 0.115. The standard InChI is InChI=1S/C17H15N3O2/c1-13(21)20-15-9-7-14(8-10-15)5-4-12-19-17(22)16-6-2-3-11-18-16/h2-3,6-11H,12H2,1H3,(H,19,22)(H,20,21). The third-order valence-corrected chi connectivity index (χ3v) is 2.67. The first-order valence-electron chi connectivity index (χ1n) is 6.71. The number of rotatable bonds is 3. The number of benzene rings is 1. The minimum atomic E-state index is -0.254. The van der Waals surface area contributed by atoms with Crippen molar-refractivity contribution in [3.05, 3.63) is 59.9 Å². The molecule has 0 aliphatic heterocycles. The normalized spacial score (nSPS) is 9.32. The van der Waals surface area contributed by atoms with Crippen LogP contribution >= 0.6 is 0 Å². The summed E-state index contributed by atoms with van der Waals surface area (Å²) < 4.78 is 0. The Morgan fingerprint density at radius 1 is 1.14 bits per heavy atom. The van der Waals surface area contributed by atoms with Gasteiger partial charge in [-0.3, -0.25) is 14.6 Å².